The molecule has 0 bridgehead atoms. The molecule has 3 nitrogen and oxygen atoms in total. The summed E-state index contributed by atoms with van der Waals surface area (Å²) in [5, 5.41) is 9.56. The molecule has 3 heteroatoms. The molecule has 0 fully saturated rings. The van der Waals surface area contributed by atoms with E-state index in [1.54, 1.807) is 0 Å². The molecule has 264 valence electrons. The Morgan fingerprint density at radius 2 is 1.27 bits per heavy atom. The number of furan rings is 2. The quantitative estimate of drug-likeness (QED) is 0.175. The van der Waals surface area contributed by atoms with Crippen molar-refractivity contribution in [1.82, 2.24) is 0 Å². The maximum absolute atomic E-state index is 6.20. The first-order chi connectivity index (χ1) is 27.1. The van der Waals surface area contributed by atoms with Gasteiger partial charge in [-0.15, -0.1) is 0 Å². The van der Waals surface area contributed by atoms with Crippen LogP contribution in [0.2, 0.25) is 0 Å². The highest BCUT2D eigenvalue weighted by Gasteiger charge is 2.13. The van der Waals surface area contributed by atoms with Crippen molar-refractivity contribution in [2.45, 2.75) is 12.8 Å². The lowest BCUT2D eigenvalue weighted by Crippen LogP contribution is -2.25. The van der Waals surface area contributed by atoms with E-state index in [0.717, 1.165) is 62.8 Å². The van der Waals surface area contributed by atoms with Gasteiger partial charge in [0.1, 0.15) is 22.3 Å². The number of nitrogens with two attached hydrogens (primary N) is 1. The molecule has 2 N–H and O–H groups in total. The summed E-state index contributed by atoms with van der Waals surface area (Å²) < 4.78 is 12.3. The molecule has 0 atom stereocenters. The maximum Gasteiger partial charge on any atom is 0.138 e. The van der Waals surface area contributed by atoms with Crippen molar-refractivity contribution in [2.24, 2.45) is 0 Å². The van der Waals surface area contributed by atoms with Crippen LogP contribution >= 0.6 is 0 Å². The summed E-state index contributed by atoms with van der Waals surface area (Å²) in [5.74, 6) is 0. The van der Waals surface area contributed by atoms with Crippen molar-refractivity contribution in [3.63, 3.8) is 0 Å². The van der Waals surface area contributed by atoms with E-state index in [9.17, 15) is 0 Å². The summed E-state index contributed by atoms with van der Waals surface area (Å²) in [6, 6.07) is 58.7. The highest BCUT2D eigenvalue weighted by molar-refractivity contribution is 6.12. The molecule has 0 amide bonds. The van der Waals surface area contributed by atoms with Crippen molar-refractivity contribution in [2.75, 3.05) is 5.73 Å². The predicted molar refractivity (Wildman–Crippen MR) is 233 cm³/mol. The largest absolute Gasteiger partial charge is 0.456 e. The number of anilines is 1. The molecule has 0 aliphatic rings. The molecule has 55 heavy (non-hydrogen) atoms. The predicted octanol–water partition coefficient (Wildman–Crippen LogP) is 12.2. The number of hydrogen-bond acceptors (Lipinski definition) is 3. The van der Waals surface area contributed by atoms with Gasteiger partial charge in [-0.1, -0.05) is 158 Å². The molecule has 0 saturated heterocycles. The lowest BCUT2D eigenvalue weighted by molar-refractivity contribution is 0.664. The third-order valence-electron chi connectivity index (χ3n) is 10.4. The molecule has 0 radical (unpaired) electrons. The minimum atomic E-state index is 0.762. The average Bonchev–Trinajstić information content (AvgIpc) is 3.81. The van der Waals surface area contributed by atoms with Crippen LogP contribution in [0.4, 0.5) is 5.69 Å². The number of hydrogen-bond donors (Lipinski definition) is 1. The second-order valence-corrected chi connectivity index (χ2v) is 13.9. The van der Waals surface area contributed by atoms with Gasteiger partial charge in [0.2, 0.25) is 0 Å². The van der Waals surface area contributed by atoms with Gasteiger partial charge in [-0.05, 0) is 91.8 Å². The summed E-state index contributed by atoms with van der Waals surface area (Å²) in [6.07, 6.45) is 7.98. The second kappa shape index (κ2) is 14.7. The zero-order valence-electron chi connectivity index (χ0n) is 30.4. The Morgan fingerprint density at radius 1 is 0.545 bits per heavy atom. The van der Waals surface area contributed by atoms with E-state index in [2.05, 4.69) is 146 Å². The Kier molecular flexibility index (Phi) is 9.03. The number of rotatable bonds is 6. The Labute approximate surface area is 319 Å². The normalized spacial score (nSPS) is 12.1. The lowest BCUT2D eigenvalue weighted by atomic mass is 9.98. The molecule has 2 aromatic heterocycles. The van der Waals surface area contributed by atoms with Gasteiger partial charge in [0.15, 0.2) is 0 Å². The molecule has 10 aromatic rings. The van der Waals surface area contributed by atoms with Gasteiger partial charge in [-0.2, -0.15) is 0 Å². The van der Waals surface area contributed by atoms with Crippen LogP contribution in [-0.2, 0) is 12.8 Å². The van der Waals surface area contributed by atoms with Gasteiger partial charge >= 0.3 is 0 Å². The number of para-hydroxylation sites is 2. The highest BCUT2D eigenvalue weighted by atomic mass is 16.3. The smallest absolute Gasteiger partial charge is 0.138 e. The Balaban J connectivity index is 0.000000167. The minimum absolute atomic E-state index is 0.762. The molecule has 10 rings (SSSR count). The van der Waals surface area contributed by atoms with Crippen LogP contribution in [-0.4, -0.2) is 0 Å². The summed E-state index contributed by atoms with van der Waals surface area (Å²) in [4.78, 5) is 0. The van der Waals surface area contributed by atoms with Gasteiger partial charge in [0, 0.05) is 33.7 Å². The molecule has 0 aliphatic heterocycles. The van der Waals surface area contributed by atoms with Crippen molar-refractivity contribution in [3.8, 4) is 11.1 Å². The van der Waals surface area contributed by atoms with Crippen LogP contribution in [0, 0.1) is 0 Å². The van der Waals surface area contributed by atoms with E-state index in [0.29, 0.717) is 0 Å². The molecular formula is C52H39NO2. The highest BCUT2D eigenvalue weighted by Crippen LogP contribution is 2.37. The summed E-state index contributed by atoms with van der Waals surface area (Å²) in [5.41, 5.74) is 16.5. The fourth-order valence-electron chi connectivity index (χ4n) is 7.69. The second-order valence-electron chi connectivity index (χ2n) is 13.9. The van der Waals surface area contributed by atoms with Crippen LogP contribution < -0.4 is 16.2 Å². The van der Waals surface area contributed by atoms with E-state index in [-0.39, 0.29) is 0 Å². The zero-order chi connectivity index (χ0) is 37.1. The van der Waals surface area contributed by atoms with Gasteiger partial charge in [0.05, 0.1) is 0 Å². The number of allylic oxidation sites excluding steroid dienone is 1. The van der Waals surface area contributed by atoms with Crippen LogP contribution in [0.25, 0.3) is 77.9 Å². The van der Waals surface area contributed by atoms with E-state index >= 15 is 0 Å². The molecule has 0 aliphatic carbocycles. The number of nitrogen functional groups attached to an aromatic ring is 1. The average molecular weight is 710 g/mol. The first kappa shape index (κ1) is 33.7. The topological polar surface area (TPSA) is 52.3 Å². The number of benzene rings is 8. The first-order valence-electron chi connectivity index (χ1n) is 18.7. The van der Waals surface area contributed by atoms with Crippen LogP contribution in [0.1, 0.15) is 16.7 Å². The SMILES string of the molecule is C=C/C=c1\c(=C/Cc2ccc3oc4cccc(-c5ccc(N)cc5)c4c3c2)ccc2ccccc12.c1ccc(Cc2cccc3c2oc2ccccc23)cc1. The fourth-order valence-corrected chi connectivity index (χ4v) is 7.69. The Morgan fingerprint density at radius 3 is 2.13 bits per heavy atom. The molecule has 0 unspecified atom stereocenters. The third kappa shape index (κ3) is 6.69. The summed E-state index contributed by atoms with van der Waals surface area (Å²) in [7, 11) is 0. The van der Waals surface area contributed by atoms with Crippen molar-refractivity contribution in [3.05, 3.63) is 210 Å². The molecule has 2 heterocycles. The van der Waals surface area contributed by atoms with Crippen LogP contribution in [0.15, 0.2) is 191 Å². The van der Waals surface area contributed by atoms with Crippen molar-refractivity contribution < 1.29 is 8.83 Å². The minimum Gasteiger partial charge on any atom is -0.456 e. The first-order valence-corrected chi connectivity index (χ1v) is 18.7. The van der Waals surface area contributed by atoms with Crippen LogP contribution in [0.5, 0.6) is 0 Å². The third-order valence-corrected chi connectivity index (χ3v) is 10.4. The van der Waals surface area contributed by atoms with Gasteiger partial charge < -0.3 is 14.6 Å². The fraction of sp³-hybridized carbons (Fsp3) is 0.0385. The standard InChI is InChI=1S/C33H25NO.C19H14O/c1-2-6-27-24(15-14-23-7-3-4-8-28(23)27)13-11-22-12-20-31-30(21-22)33-29(9-5-10-32(33)35-31)25-16-18-26(34)19-17-25;1-2-7-14(8-3-1)13-15-9-6-11-17-16-10-4-5-12-18(16)20-19(15)17/h2-10,12-21H,1,11,34H2;1-12H,13H2/b24-13-,27-6+;. The van der Waals surface area contributed by atoms with Gasteiger partial charge in [-0.25, -0.2) is 0 Å². The monoisotopic (exact) mass is 709 g/mol. The maximum atomic E-state index is 6.20. The lowest BCUT2D eigenvalue weighted by Gasteiger charge is -2.05. The van der Waals surface area contributed by atoms with Gasteiger partial charge in [0.25, 0.3) is 0 Å². The van der Waals surface area contributed by atoms with Crippen molar-refractivity contribution >= 4 is 72.5 Å². The molecular weight excluding hydrogens is 671 g/mol. The van der Waals surface area contributed by atoms with Gasteiger partial charge in [-0.3, -0.25) is 0 Å². The zero-order valence-corrected chi connectivity index (χ0v) is 30.4. The Bertz CT molecular complexity index is 3110. The van der Waals surface area contributed by atoms with E-state index in [4.69, 9.17) is 14.6 Å². The van der Waals surface area contributed by atoms with Crippen LogP contribution in [0.3, 0.4) is 0 Å². The van der Waals surface area contributed by atoms with E-state index in [1.165, 1.54) is 48.7 Å². The molecule has 0 saturated carbocycles. The molecule has 0 spiro atoms. The van der Waals surface area contributed by atoms with E-state index < -0.39 is 0 Å². The molecule has 8 aromatic carbocycles. The van der Waals surface area contributed by atoms with Crippen molar-refractivity contribution in [1.29, 1.82) is 0 Å². The van der Waals surface area contributed by atoms with E-state index in [1.807, 2.05) is 48.5 Å². The summed E-state index contributed by atoms with van der Waals surface area (Å²) >= 11 is 0. The summed E-state index contributed by atoms with van der Waals surface area (Å²) in [6.45, 7) is 3.93. The Hall–Kier alpha value is -7.10. The number of fused-ring (bicyclic) bond motifs is 7.